The van der Waals surface area contributed by atoms with Crippen molar-refractivity contribution in [3.05, 3.63) is 46.6 Å². The standard InChI is InChI=1S/C12H16ClN/c1-9(2)14-7-6-11-4-5-12(13)10(3)8-11/h4-5,8,14H,1,6-7H2,2-3H3. The van der Waals surface area contributed by atoms with Crippen LogP contribution in [0.25, 0.3) is 0 Å². The maximum atomic E-state index is 5.94. The van der Waals surface area contributed by atoms with Crippen molar-refractivity contribution in [3.8, 4) is 0 Å². The van der Waals surface area contributed by atoms with E-state index in [1.807, 2.05) is 19.9 Å². The van der Waals surface area contributed by atoms with Gasteiger partial charge in [-0.1, -0.05) is 30.3 Å². The molecule has 0 bridgehead atoms. The zero-order valence-electron chi connectivity index (χ0n) is 8.73. The molecule has 0 saturated heterocycles. The van der Waals surface area contributed by atoms with Gasteiger partial charge >= 0.3 is 0 Å². The zero-order valence-corrected chi connectivity index (χ0v) is 9.49. The number of benzene rings is 1. The van der Waals surface area contributed by atoms with Gasteiger partial charge in [0.05, 0.1) is 0 Å². The van der Waals surface area contributed by atoms with Crippen molar-refractivity contribution in [1.29, 1.82) is 0 Å². The first-order valence-corrected chi connectivity index (χ1v) is 5.12. The van der Waals surface area contributed by atoms with Crippen molar-refractivity contribution in [2.45, 2.75) is 20.3 Å². The highest BCUT2D eigenvalue weighted by molar-refractivity contribution is 6.31. The quantitative estimate of drug-likeness (QED) is 0.803. The van der Waals surface area contributed by atoms with Crippen molar-refractivity contribution < 1.29 is 0 Å². The van der Waals surface area contributed by atoms with E-state index in [2.05, 4.69) is 24.0 Å². The van der Waals surface area contributed by atoms with Gasteiger partial charge in [-0.25, -0.2) is 0 Å². The van der Waals surface area contributed by atoms with Crippen LogP contribution in [0.1, 0.15) is 18.1 Å². The fourth-order valence-electron chi connectivity index (χ4n) is 1.28. The Morgan fingerprint density at radius 3 is 2.79 bits per heavy atom. The Morgan fingerprint density at radius 2 is 2.21 bits per heavy atom. The van der Waals surface area contributed by atoms with E-state index in [1.165, 1.54) is 5.56 Å². The predicted molar refractivity (Wildman–Crippen MR) is 62.7 cm³/mol. The normalized spacial score (nSPS) is 9.93. The largest absolute Gasteiger partial charge is 0.389 e. The SMILES string of the molecule is C=C(C)NCCc1ccc(Cl)c(C)c1. The molecule has 0 spiro atoms. The van der Waals surface area contributed by atoms with Crippen LogP contribution >= 0.6 is 11.6 Å². The number of nitrogens with one attached hydrogen (secondary N) is 1. The molecule has 0 aliphatic carbocycles. The van der Waals surface area contributed by atoms with Crippen molar-refractivity contribution in [2.24, 2.45) is 0 Å². The lowest BCUT2D eigenvalue weighted by Crippen LogP contribution is -2.13. The van der Waals surface area contributed by atoms with Crippen LogP contribution in [0.4, 0.5) is 0 Å². The van der Waals surface area contributed by atoms with Crippen molar-refractivity contribution in [2.75, 3.05) is 6.54 Å². The van der Waals surface area contributed by atoms with Crippen LogP contribution in [-0.4, -0.2) is 6.54 Å². The number of allylic oxidation sites excluding steroid dienone is 1. The average Bonchev–Trinajstić information content (AvgIpc) is 2.10. The Labute approximate surface area is 90.8 Å². The van der Waals surface area contributed by atoms with E-state index in [0.717, 1.165) is 29.2 Å². The van der Waals surface area contributed by atoms with Gasteiger partial charge in [0.25, 0.3) is 0 Å². The highest BCUT2D eigenvalue weighted by Crippen LogP contribution is 2.16. The monoisotopic (exact) mass is 209 g/mol. The average molecular weight is 210 g/mol. The van der Waals surface area contributed by atoms with E-state index < -0.39 is 0 Å². The van der Waals surface area contributed by atoms with Gasteiger partial charge in [0.1, 0.15) is 0 Å². The van der Waals surface area contributed by atoms with Gasteiger partial charge in [-0.2, -0.15) is 0 Å². The molecule has 0 atom stereocenters. The van der Waals surface area contributed by atoms with Gasteiger partial charge in [0.15, 0.2) is 0 Å². The minimum Gasteiger partial charge on any atom is -0.389 e. The Balaban J connectivity index is 2.51. The third-order valence-corrected chi connectivity index (χ3v) is 2.49. The van der Waals surface area contributed by atoms with Crippen LogP contribution in [-0.2, 0) is 6.42 Å². The lowest BCUT2D eigenvalue weighted by Gasteiger charge is -2.06. The molecule has 0 unspecified atom stereocenters. The van der Waals surface area contributed by atoms with Crippen LogP contribution < -0.4 is 5.32 Å². The molecule has 0 aliphatic heterocycles. The first-order chi connectivity index (χ1) is 6.59. The molecule has 1 N–H and O–H groups in total. The lowest BCUT2D eigenvalue weighted by atomic mass is 10.1. The number of rotatable bonds is 4. The smallest absolute Gasteiger partial charge is 0.0435 e. The molecule has 2 heteroatoms. The molecule has 0 fully saturated rings. The van der Waals surface area contributed by atoms with Crippen LogP contribution in [0.2, 0.25) is 5.02 Å². The molecular formula is C12H16ClN. The molecule has 0 amide bonds. The summed E-state index contributed by atoms with van der Waals surface area (Å²) in [5.41, 5.74) is 3.45. The molecule has 1 rings (SSSR count). The summed E-state index contributed by atoms with van der Waals surface area (Å²) in [4.78, 5) is 0. The third-order valence-electron chi connectivity index (χ3n) is 2.06. The lowest BCUT2D eigenvalue weighted by molar-refractivity contribution is 0.791. The molecule has 1 aromatic carbocycles. The maximum Gasteiger partial charge on any atom is 0.0435 e. The van der Waals surface area contributed by atoms with Crippen molar-refractivity contribution in [1.82, 2.24) is 5.32 Å². The van der Waals surface area contributed by atoms with Gasteiger partial charge in [-0.05, 0) is 37.5 Å². The fraction of sp³-hybridized carbons (Fsp3) is 0.333. The maximum absolute atomic E-state index is 5.94. The second kappa shape index (κ2) is 5.06. The van der Waals surface area contributed by atoms with E-state index in [9.17, 15) is 0 Å². The van der Waals surface area contributed by atoms with Crippen LogP contribution in [0, 0.1) is 6.92 Å². The number of hydrogen-bond acceptors (Lipinski definition) is 1. The molecule has 0 saturated carbocycles. The minimum atomic E-state index is 0.835. The summed E-state index contributed by atoms with van der Waals surface area (Å²) in [6.07, 6.45) is 1.00. The van der Waals surface area contributed by atoms with E-state index in [1.54, 1.807) is 0 Å². The summed E-state index contributed by atoms with van der Waals surface area (Å²) >= 11 is 5.94. The molecular weight excluding hydrogens is 194 g/mol. The topological polar surface area (TPSA) is 12.0 Å². The second-order valence-corrected chi connectivity index (χ2v) is 3.95. The predicted octanol–water partition coefficient (Wildman–Crippen LogP) is 3.31. The molecule has 1 aromatic rings. The van der Waals surface area contributed by atoms with Gasteiger partial charge in [0, 0.05) is 17.3 Å². The molecule has 0 aromatic heterocycles. The number of halogens is 1. The first kappa shape index (κ1) is 11.1. The summed E-state index contributed by atoms with van der Waals surface area (Å²) in [6.45, 7) is 8.70. The minimum absolute atomic E-state index is 0.835. The van der Waals surface area contributed by atoms with Gasteiger partial charge in [-0.3, -0.25) is 0 Å². The molecule has 14 heavy (non-hydrogen) atoms. The van der Waals surface area contributed by atoms with Gasteiger partial charge in [-0.15, -0.1) is 0 Å². The molecule has 76 valence electrons. The second-order valence-electron chi connectivity index (χ2n) is 3.54. The Hall–Kier alpha value is -0.950. The van der Waals surface area contributed by atoms with Crippen molar-refractivity contribution >= 4 is 11.6 Å². The van der Waals surface area contributed by atoms with E-state index >= 15 is 0 Å². The fourth-order valence-corrected chi connectivity index (χ4v) is 1.40. The summed E-state index contributed by atoms with van der Waals surface area (Å²) in [6, 6.07) is 6.14. The third kappa shape index (κ3) is 3.43. The van der Waals surface area contributed by atoms with Crippen LogP contribution in [0.3, 0.4) is 0 Å². The summed E-state index contributed by atoms with van der Waals surface area (Å²) in [7, 11) is 0. The summed E-state index contributed by atoms with van der Waals surface area (Å²) in [5, 5.41) is 4.04. The zero-order chi connectivity index (χ0) is 10.6. The van der Waals surface area contributed by atoms with E-state index in [4.69, 9.17) is 11.6 Å². The summed E-state index contributed by atoms with van der Waals surface area (Å²) in [5.74, 6) is 0. The van der Waals surface area contributed by atoms with Crippen LogP contribution in [0.15, 0.2) is 30.5 Å². The Bertz CT molecular complexity index is 331. The Kier molecular flexibility index (Phi) is 4.02. The van der Waals surface area contributed by atoms with Crippen LogP contribution in [0.5, 0.6) is 0 Å². The molecule has 0 aliphatic rings. The van der Waals surface area contributed by atoms with E-state index in [0.29, 0.717) is 0 Å². The van der Waals surface area contributed by atoms with Gasteiger partial charge < -0.3 is 5.32 Å². The molecule has 1 nitrogen and oxygen atoms in total. The summed E-state index contributed by atoms with van der Waals surface area (Å²) < 4.78 is 0. The highest BCUT2D eigenvalue weighted by Gasteiger charge is 1.97. The molecule has 0 heterocycles. The first-order valence-electron chi connectivity index (χ1n) is 4.74. The van der Waals surface area contributed by atoms with Gasteiger partial charge in [0.2, 0.25) is 0 Å². The molecule has 0 radical (unpaired) electrons. The number of aryl methyl sites for hydroxylation is 1. The highest BCUT2D eigenvalue weighted by atomic mass is 35.5. The van der Waals surface area contributed by atoms with E-state index in [-0.39, 0.29) is 0 Å². The van der Waals surface area contributed by atoms with Crippen molar-refractivity contribution in [3.63, 3.8) is 0 Å². The number of hydrogen-bond donors (Lipinski definition) is 1. The Morgan fingerprint density at radius 1 is 1.50 bits per heavy atom.